The molecule has 0 aliphatic rings. The van der Waals surface area contributed by atoms with Gasteiger partial charge in [0.05, 0.1) is 5.02 Å². The van der Waals surface area contributed by atoms with Crippen LogP contribution in [0.25, 0.3) is 0 Å². The van der Waals surface area contributed by atoms with E-state index in [1.807, 2.05) is 0 Å². The van der Waals surface area contributed by atoms with Gasteiger partial charge >= 0.3 is 0 Å². The average molecular weight is 287 g/mol. The van der Waals surface area contributed by atoms with E-state index in [0.717, 1.165) is 12.8 Å². The molecule has 0 radical (unpaired) electrons. The summed E-state index contributed by atoms with van der Waals surface area (Å²) in [4.78, 5) is 4.19. The number of aryl methyl sites for hydroxylation is 1. The number of hydrogen-bond donors (Lipinski definition) is 0. The third-order valence-corrected chi connectivity index (χ3v) is 3.05. The van der Waals surface area contributed by atoms with E-state index in [1.165, 1.54) is 0 Å². The van der Waals surface area contributed by atoms with Crippen molar-refractivity contribution in [1.29, 1.82) is 0 Å². The Bertz CT molecular complexity index is 529. The predicted octanol–water partition coefficient (Wildman–Crippen LogP) is 3.91. The zero-order chi connectivity index (χ0) is 13.0. The molecule has 0 spiro atoms. The first-order valence-electron chi connectivity index (χ1n) is 5.59. The van der Waals surface area contributed by atoms with Crippen LogP contribution in [0.2, 0.25) is 10.0 Å². The monoisotopic (exact) mass is 286 g/mol. The third kappa shape index (κ3) is 3.15. The molecular formula is C12H12Cl2N2O2. The summed E-state index contributed by atoms with van der Waals surface area (Å²) in [7, 11) is 0. The van der Waals surface area contributed by atoms with Crippen molar-refractivity contribution in [3.8, 4) is 5.75 Å². The molecule has 0 aliphatic heterocycles. The lowest BCUT2D eigenvalue weighted by molar-refractivity contribution is 0.242. The topological polar surface area (TPSA) is 48.2 Å². The van der Waals surface area contributed by atoms with Gasteiger partial charge < -0.3 is 9.26 Å². The molecular weight excluding hydrogens is 275 g/mol. The van der Waals surface area contributed by atoms with Crippen LogP contribution >= 0.6 is 23.2 Å². The van der Waals surface area contributed by atoms with E-state index < -0.39 is 0 Å². The van der Waals surface area contributed by atoms with Gasteiger partial charge in [-0.25, -0.2) is 0 Å². The zero-order valence-electron chi connectivity index (χ0n) is 9.82. The Morgan fingerprint density at radius 1 is 1.33 bits per heavy atom. The summed E-state index contributed by atoms with van der Waals surface area (Å²) in [5.41, 5.74) is 0. The molecule has 0 fully saturated rings. The molecule has 0 saturated heterocycles. The van der Waals surface area contributed by atoms with Crippen molar-refractivity contribution in [2.75, 3.05) is 0 Å². The first kappa shape index (κ1) is 13.2. The highest BCUT2D eigenvalue weighted by atomic mass is 35.5. The molecule has 0 bridgehead atoms. The molecule has 0 aliphatic carbocycles. The smallest absolute Gasteiger partial charge is 0.264 e. The largest absolute Gasteiger partial charge is 0.482 e. The molecule has 0 atom stereocenters. The van der Waals surface area contributed by atoms with Crippen molar-refractivity contribution in [2.45, 2.75) is 26.4 Å². The highest BCUT2D eigenvalue weighted by molar-refractivity contribution is 6.42. The van der Waals surface area contributed by atoms with Crippen molar-refractivity contribution < 1.29 is 9.26 Å². The van der Waals surface area contributed by atoms with Gasteiger partial charge in [0.25, 0.3) is 5.89 Å². The Hall–Kier alpha value is -1.26. The molecule has 0 unspecified atom stereocenters. The SMILES string of the molecule is CCCc1noc(COc2cccc(Cl)c2Cl)n1. The van der Waals surface area contributed by atoms with E-state index in [0.29, 0.717) is 27.5 Å². The highest BCUT2D eigenvalue weighted by Crippen LogP contribution is 2.31. The fraction of sp³-hybridized carbons (Fsp3) is 0.333. The van der Waals surface area contributed by atoms with E-state index in [2.05, 4.69) is 17.1 Å². The third-order valence-electron chi connectivity index (χ3n) is 2.25. The number of benzene rings is 1. The first-order valence-corrected chi connectivity index (χ1v) is 6.34. The summed E-state index contributed by atoms with van der Waals surface area (Å²) in [5, 5.41) is 4.67. The van der Waals surface area contributed by atoms with Gasteiger partial charge in [-0.2, -0.15) is 4.98 Å². The number of nitrogens with zero attached hydrogens (tertiary/aromatic N) is 2. The van der Waals surface area contributed by atoms with Crippen LogP contribution in [0.5, 0.6) is 5.75 Å². The minimum Gasteiger partial charge on any atom is -0.482 e. The fourth-order valence-electron chi connectivity index (χ4n) is 1.41. The molecule has 0 amide bonds. The van der Waals surface area contributed by atoms with Crippen LogP contribution in [0.15, 0.2) is 22.7 Å². The highest BCUT2D eigenvalue weighted by Gasteiger charge is 2.09. The quantitative estimate of drug-likeness (QED) is 0.836. The number of halogens is 2. The molecule has 18 heavy (non-hydrogen) atoms. The lowest BCUT2D eigenvalue weighted by atomic mass is 10.3. The van der Waals surface area contributed by atoms with E-state index in [9.17, 15) is 0 Å². The molecule has 0 saturated carbocycles. The Morgan fingerprint density at radius 2 is 2.17 bits per heavy atom. The summed E-state index contributed by atoms with van der Waals surface area (Å²) >= 11 is 11.9. The second-order valence-corrected chi connectivity index (χ2v) is 4.48. The molecule has 2 rings (SSSR count). The van der Waals surface area contributed by atoms with Crippen molar-refractivity contribution >= 4 is 23.2 Å². The minimum atomic E-state index is 0.177. The van der Waals surface area contributed by atoms with Gasteiger partial charge in [0.15, 0.2) is 12.4 Å². The Kier molecular flexibility index (Phi) is 4.44. The lowest BCUT2D eigenvalue weighted by Gasteiger charge is -2.05. The van der Waals surface area contributed by atoms with Crippen LogP contribution in [0.4, 0.5) is 0 Å². The molecule has 96 valence electrons. The normalized spacial score (nSPS) is 10.6. The Labute approximate surface area is 115 Å². The summed E-state index contributed by atoms with van der Waals surface area (Å²) in [6, 6.07) is 5.19. The Morgan fingerprint density at radius 3 is 2.94 bits per heavy atom. The van der Waals surface area contributed by atoms with Gasteiger partial charge in [-0.3, -0.25) is 0 Å². The van der Waals surface area contributed by atoms with E-state index in [-0.39, 0.29) is 6.61 Å². The first-order chi connectivity index (χ1) is 8.70. The van der Waals surface area contributed by atoms with Gasteiger partial charge in [0.2, 0.25) is 0 Å². The second-order valence-electron chi connectivity index (χ2n) is 3.69. The number of ether oxygens (including phenoxy) is 1. The van der Waals surface area contributed by atoms with Crippen LogP contribution < -0.4 is 4.74 Å². The zero-order valence-corrected chi connectivity index (χ0v) is 11.3. The molecule has 1 aromatic carbocycles. The lowest BCUT2D eigenvalue weighted by Crippen LogP contribution is -1.97. The van der Waals surface area contributed by atoms with E-state index in [1.54, 1.807) is 18.2 Å². The van der Waals surface area contributed by atoms with Crippen LogP contribution in [-0.4, -0.2) is 10.1 Å². The van der Waals surface area contributed by atoms with E-state index in [4.69, 9.17) is 32.5 Å². The molecule has 4 nitrogen and oxygen atoms in total. The molecule has 2 aromatic rings. The standard InChI is InChI=1S/C12H12Cl2N2O2/c1-2-4-10-15-11(18-16-10)7-17-9-6-3-5-8(13)12(9)14/h3,5-6H,2,4,7H2,1H3. The maximum atomic E-state index is 5.99. The van der Waals surface area contributed by atoms with Crippen LogP contribution in [0.1, 0.15) is 25.1 Å². The van der Waals surface area contributed by atoms with Crippen molar-refractivity contribution in [2.24, 2.45) is 0 Å². The summed E-state index contributed by atoms with van der Waals surface area (Å²) in [6.45, 7) is 2.23. The summed E-state index contributed by atoms with van der Waals surface area (Å²) in [5.74, 6) is 1.61. The molecule has 1 aromatic heterocycles. The van der Waals surface area contributed by atoms with Crippen LogP contribution in [0.3, 0.4) is 0 Å². The maximum Gasteiger partial charge on any atom is 0.264 e. The van der Waals surface area contributed by atoms with Gasteiger partial charge in [-0.1, -0.05) is 41.3 Å². The summed E-state index contributed by atoms with van der Waals surface area (Å²) < 4.78 is 10.5. The molecule has 6 heteroatoms. The molecule has 1 heterocycles. The van der Waals surface area contributed by atoms with Crippen LogP contribution in [0, 0.1) is 0 Å². The van der Waals surface area contributed by atoms with Crippen molar-refractivity contribution in [3.05, 3.63) is 40.0 Å². The Balaban J connectivity index is 2.00. The number of hydrogen-bond acceptors (Lipinski definition) is 4. The van der Waals surface area contributed by atoms with Crippen LogP contribution in [-0.2, 0) is 13.0 Å². The average Bonchev–Trinajstić information content (AvgIpc) is 2.79. The van der Waals surface area contributed by atoms with Crippen molar-refractivity contribution in [3.63, 3.8) is 0 Å². The minimum absolute atomic E-state index is 0.177. The predicted molar refractivity (Wildman–Crippen MR) is 69.1 cm³/mol. The number of aromatic nitrogens is 2. The summed E-state index contributed by atoms with van der Waals surface area (Å²) in [6.07, 6.45) is 1.77. The van der Waals surface area contributed by atoms with E-state index >= 15 is 0 Å². The maximum absolute atomic E-state index is 5.99. The van der Waals surface area contributed by atoms with Gasteiger partial charge in [-0.05, 0) is 18.6 Å². The number of rotatable bonds is 5. The fourth-order valence-corrected chi connectivity index (χ4v) is 1.76. The molecule has 0 N–H and O–H groups in total. The van der Waals surface area contributed by atoms with Gasteiger partial charge in [0, 0.05) is 6.42 Å². The van der Waals surface area contributed by atoms with Gasteiger partial charge in [-0.15, -0.1) is 0 Å². The second kappa shape index (κ2) is 6.07. The van der Waals surface area contributed by atoms with Gasteiger partial charge in [0.1, 0.15) is 10.8 Å². The van der Waals surface area contributed by atoms with Crippen molar-refractivity contribution in [1.82, 2.24) is 10.1 Å².